The molecule has 0 heterocycles. The molecule has 0 bridgehead atoms. The normalized spacial score (nSPS) is 11.0. The van der Waals surface area contributed by atoms with Gasteiger partial charge in [-0.15, -0.1) is 0 Å². The fourth-order valence-corrected chi connectivity index (χ4v) is 1.20. The summed E-state index contributed by atoms with van der Waals surface area (Å²) in [6.07, 6.45) is 3.80. The van der Waals surface area contributed by atoms with Crippen molar-refractivity contribution >= 4 is 18.7 Å². The molecule has 0 aliphatic rings. The van der Waals surface area contributed by atoms with Crippen LogP contribution in [0.4, 0.5) is 4.39 Å². The zero-order valence-corrected chi connectivity index (χ0v) is 8.10. The Hall–Kier alpha value is -0.800. The summed E-state index contributed by atoms with van der Waals surface area (Å²) in [5, 5.41) is 0. The van der Waals surface area contributed by atoms with Crippen LogP contribution in [0.5, 0.6) is 0 Å². The predicted octanol–water partition coefficient (Wildman–Crippen LogP) is 2.23. The zero-order valence-electron chi connectivity index (χ0n) is 7.20. The van der Waals surface area contributed by atoms with E-state index < -0.39 is 0 Å². The minimum Gasteiger partial charge on any atom is -0.326 e. The van der Waals surface area contributed by atoms with Gasteiger partial charge in [-0.2, -0.15) is 12.6 Å². The van der Waals surface area contributed by atoms with Gasteiger partial charge in [-0.1, -0.05) is 18.2 Å². The van der Waals surface area contributed by atoms with Crippen molar-refractivity contribution in [2.75, 3.05) is 5.75 Å². The van der Waals surface area contributed by atoms with Gasteiger partial charge in [0.1, 0.15) is 5.82 Å². The van der Waals surface area contributed by atoms with Crippen molar-refractivity contribution < 1.29 is 4.39 Å². The minimum absolute atomic E-state index is 0.247. The molecule has 0 aliphatic heterocycles. The predicted molar refractivity (Wildman–Crippen MR) is 57.2 cm³/mol. The second kappa shape index (κ2) is 5.04. The lowest BCUT2D eigenvalue weighted by molar-refractivity contribution is 0.625. The number of halogens is 1. The highest BCUT2D eigenvalue weighted by Gasteiger charge is 1.98. The Kier molecular flexibility index (Phi) is 3.99. The molecule has 13 heavy (non-hydrogen) atoms. The van der Waals surface area contributed by atoms with Crippen LogP contribution in [0.2, 0.25) is 0 Å². The van der Waals surface area contributed by atoms with Crippen molar-refractivity contribution in [3.63, 3.8) is 0 Å². The molecule has 1 aromatic rings. The number of rotatable bonds is 3. The van der Waals surface area contributed by atoms with Crippen LogP contribution in [0, 0.1) is 5.82 Å². The monoisotopic (exact) mass is 197 g/mol. The first-order valence-corrected chi connectivity index (χ1v) is 4.67. The van der Waals surface area contributed by atoms with E-state index in [-0.39, 0.29) is 5.82 Å². The van der Waals surface area contributed by atoms with E-state index in [1.165, 1.54) is 12.1 Å². The Morgan fingerprint density at radius 1 is 1.46 bits per heavy atom. The topological polar surface area (TPSA) is 26.0 Å². The summed E-state index contributed by atoms with van der Waals surface area (Å²) in [6.45, 7) is 0.351. The van der Waals surface area contributed by atoms with Crippen molar-refractivity contribution in [1.82, 2.24) is 0 Å². The van der Waals surface area contributed by atoms with Crippen molar-refractivity contribution in [3.05, 3.63) is 41.2 Å². The standard InChI is InChI=1S/C10H12FNS/c11-10-4-3-8(2-1-5-13)9(6-10)7-12/h1-4,6,13H,5,7,12H2. The fourth-order valence-electron chi connectivity index (χ4n) is 1.09. The number of nitrogens with two attached hydrogens (primary N) is 1. The molecular weight excluding hydrogens is 185 g/mol. The molecule has 0 amide bonds. The van der Waals surface area contributed by atoms with Gasteiger partial charge in [0.15, 0.2) is 0 Å². The number of benzene rings is 1. The van der Waals surface area contributed by atoms with Crippen LogP contribution in [-0.2, 0) is 6.54 Å². The molecule has 1 aromatic carbocycles. The first-order valence-electron chi connectivity index (χ1n) is 4.04. The molecule has 0 aromatic heterocycles. The lowest BCUT2D eigenvalue weighted by Gasteiger charge is -2.02. The summed E-state index contributed by atoms with van der Waals surface area (Å²) in [7, 11) is 0. The van der Waals surface area contributed by atoms with Crippen LogP contribution in [0.3, 0.4) is 0 Å². The van der Waals surface area contributed by atoms with Crippen molar-refractivity contribution in [2.24, 2.45) is 5.73 Å². The van der Waals surface area contributed by atoms with Crippen LogP contribution in [0.1, 0.15) is 11.1 Å². The lowest BCUT2D eigenvalue weighted by Crippen LogP contribution is -1.99. The second-order valence-corrected chi connectivity index (χ2v) is 3.00. The number of hydrogen-bond donors (Lipinski definition) is 2. The van der Waals surface area contributed by atoms with Gasteiger partial charge < -0.3 is 5.73 Å². The van der Waals surface area contributed by atoms with Crippen LogP contribution >= 0.6 is 12.6 Å². The van der Waals surface area contributed by atoms with E-state index >= 15 is 0 Å². The Morgan fingerprint density at radius 3 is 2.85 bits per heavy atom. The summed E-state index contributed by atoms with van der Waals surface area (Å²) in [5.41, 5.74) is 7.25. The lowest BCUT2D eigenvalue weighted by atomic mass is 10.1. The third-order valence-electron chi connectivity index (χ3n) is 1.73. The van der Waals surface area contributed by atoms with Crippen LogP contribution in [0.15, 0.2) is 24.3 Å². The maximum atomic E-state index is 12.8. The molecule has 0 spiro atoms. The van der Waals surface area contributed by atoms with E-state index in [1.807, 2.05) is 12.2 Å². The highest BCUT2D eigenvalue weighted by molar-refractivity contribution is 7.80. The summed E-state index contributed by atoms with van der Waals surface area (Å²) < 4.78 is 12.8. The molecule has 2 N–H and O–H groups in total. The molecule has 0 unspecified atom stereocenters. The van der Waals surface area contributed by atoms with Crippen molar-refractivity contribution in [3.8, 4) is 0 Å². The van der Waals surface area contributed by atoms with E-state index in [0.717, 1.165) is 11.1 Å². The smallest absolute Gasteiger partial charge is 0.123 e. The Labute approximate surface area is 82.9 Å². The average Bonchev–Trinajstić information content (AvgIpc) is 2.16. The third-order valence-corrected chi connectivity index (χ3v) is 1.94. The molecule has 1 nitrogen and oxygen atoms in total. The fraction of sp³-hybridized carbons (Fsp3) is 0.200. The molecule has 70 valence electrons. The summed E-state index contributed by atoms with van der Waals surface area (Å²) >= 11 is 4.04. The Balaban J connectivity index is 2.99. The summed E-state index contributed by atoms with van der Waals surface area (Å²) in [5.74, 6) is 0.421. The third kappa shape index (κ3) is 2.86. The highest BCUT2D eigenvalue weighted by atomic mass is 32.1. The molecule has 0 fully saturated rings. The van der Waals surface area contributed by atoms with Crippen LogP contribution in [-0.4, -0.2) is 5.75 Å². The van der Waals surface area contributed by atoms with Gasteiger partial charge in [0.05, 0.1) is 0 Å². The summed E-state index contributed by atoms with van der Waals surface area (Å²) in [6, 6.07) is 4.60. The second-order valence-electron chi connectivity index (χ2n) is 2.63. The molecule has 0 atom stereocenters. The maximum absolute atomic E-state index is 12.8. The van der Waals surface area contributed by atoms with Gasteiger partial charge in [0.2, 0.25) is 0 Å². The van der Waals surface area contributed by atoms with Crippen molar-refractivity contribution in [2.45, 2.75) is 6.54 Å². The highest BCUT2D eigenvalue weighted by Crippen LogP contribution is 2.12. The van der Waals surface area contributed by atoms with Gasteiger partial charge in [-0.3, -0.25) is 0 Å². The molecule has 0 aliphatic carbocycles. The molecule has 1 rings (SSSR count). The molecule has 0 saturated heterocycles. The maximum Gasteiger partial charge on any atom is 0.123 e. The van der Waals surface area contributed by atoms with E-state index in [4.69, 9.17) is 5.73 Å². The molecule has 0 saturated carbocycles. The van der Waals surface area contributed by atoms with E-state index in [0.29, 0.717) is 12.3 Å². The average molecular weight is 197 g/mol. The van der Waals surface area contributed by atoms with Crippen LogP contribution in [0.25, 0.3) is 6.08 Å². The van der Waals surface area contributed by atoms with Crippen molar-refractivity contribution in [1.29, 1.82) is 0 Å². The van der Waals surface area contributed by atoms with Gasteiger partial charge in [-0.25, -0.2) is 4.39 Å². The van der Waals surface area contributed by atoms with Gasteiger partial charge in [-0.05, 0) is 23.3 Å². The minimum atomic E-state index is -0.247. The largest absolute Gasteiger partial charge is 0.326 e. The van der Waals surface area contributed by atoms with Crippen LogP contribution < -0.4 is 5.73 Å². The zero-order chi connectivity index (χ0) is 9.68. The first kappa shape index (κ1) is 10.3. The number of thiol groups is 1. The summed E-state index contributed by atoms with van der Waals surface area (Å²) in [4.78, 5) is 0. The molecule has 3 heteroatoms. The first-order chi connectivity index (χ1) is 6.27. The van der Waals surface area contributed by atoms with E-state index in [1.54, 1.807) is 6.07 Å². The van der Waals surface area contributed by atoms with Gasteiger partial charge >= 0.3 is 0 Å². The van der Waals surface area contributed by atoms with E-state index in [9.17, 15) is 4.39 Å². The van der Waals surface area contributed by atoms with Gasteiger partial charge in [0, 0.05) is 12.3 Å². The Morgan fingerprint density at radius 2 is 2.23 bits per heavy atom. The SMILES string of the molecule is NCc1cc(F)ccc1C=CCS. The van der Waals surface area contributed by atoms with E-state index in [2.05, 4.69) is 12.6 Å². The van der Waals surface area contributed by atoms with Gasteiger partial charge in [0.25, 0.3) is 0 Å². The molecule has 0 radical (unpaired) electrons. The quantitative estimate of drug-likeness (QED) is 0.714. The molecular formula is C10H12FNS. The number of hydrogen-bond acceptors (Lipinski definition) is 2. The Bertz CT molecular complexity index is 310.